The van der Waals surface area contributed by atoms with Crippen molar-refractivity contribution in [2.75, 3.05) is 6.61 Å². The molecule has 0 spiro atoms. The molecule has 1 unspecified atom stereocenters. The van der Waals surface area contributed by atoms with Crippen molar-refractivity contribution in [3.8, 4) is 0 Å². The van der Waals surface area contributed by atoms with Gasteiger partial charge in [-0.2, -0.15) is 0 Å². The SMILES string of the molecule is CC(CCO)Sc1cc(Br)ccc1C(=N)N. The van der Waals surface area contributed by atoms with Crippen LogP contribution in [-0.4, -0.2) is 22.8 Å². The first-order chi connectivity index (χ1) is 7.54. The predicted octanol–water partition coefficient (Wildman–Crippen LogP) is 2.60. The molecular weight excluding hydrogens is 288 g/mol. The summed E-state index contributed by atoms with van der Waals surface area (Å²) in [6, 6.07) is 5.66. The van der Waals surface area contributed by atoms with Gasteiger partial charge in [-0.15, -0.1) is 11.8 Å². The molecule has 1 atom stereocenters. The molecule has 0 aliphatic carbocycles. The number of hydrogen-bond donors (Lipinski definition) is 3. The maximum Gasteiger partial charge on any atom is 0.123 e. The third-order valence-electron chi connectivity index (χ3n) is 2.10. The maximum atomic E-state index is 8.86. The van der Waals surface area contributed by atoms with Crippen LogP contribution >= 0.6 is 27.7 Å². The molecule has 0 aliphatic rings. The van der Waals surface area contributed by atoms with Gasteiger partial charge in [0.15, 0.2) is 0 Å². The van der Waals surface area contributed by atoms with Crippen LogP contribution in [0.1, 0.15) is 18.9 Å². The lowest BCUT2D eigenvalue weighted by atomic mass is 10.2. The summed E-state index contributed by atoms with van der Waals surface area (Å²) in [5, 5.41) is 16.7. The molecule has 0 saturated carbocycles. The average molecular weight is 303 g/mol. The summed E-state index contributed by atoms with van der Waals surface area (Å²) in [4.78, 5) is 0.975. The van der Waals surface area contributed by atoms with E-state index in [9.17, 15) is 0 Å². The summed E-state index contributed by atoms with van der Waals surface area (Å²) in [6.07, 6.45) is 0.731. The lowest BCUT2D eigenvalue weighted by Crippen LogP contribution is -2.13. The first-order valence-corrected chi connectivity index (χ1v) is 6.63. The molecular formula is C11H15BrN2OS. The average Bonchev–Trinajstić information content (AvgIpc) is 2.17. The predicted molar refractivity (Wildman–Crippen MR) is 72.2 cm³/mol. The highest BCUT2D eigenvalue weighted by Gasteiger charge is 2.10. The number of thioether (sulfide) groups is 1. The van der Waals surface area contributed by atoms with Gasteiger partial charge in [0, 0.05) is 26.8 Å². The first kappa shape index (κ1) is 13.5. The Morgan fingerprint density at radius 3 is 2.88 bits per heavy atom. The Bertz CT molecular complexity index is 384. The number of nitrogens with one attached hydrogen (secondary N) is 1. The molecule has 0 amide bonds. The minimum atomic E-state index is 0.0752. The molecule has 16 heavy (non-hydrogen) atoms. The molecule has 0 bridgehead atoms. The van der Waals surface area contributed by atoms with Gasteiger partial charge in [-0.3, -0.25) is 5.41 Å². The van der Waals surface area contributed by atoms with Crippen molar-refractivity contribution >= 4 is 33.5 Å². The number of amidine groups is 1. The number of nitrogens with two attached hydrogens (primary N) is 1. The van der Waals surface area contributed by atoms with Crippen molar-refractivity contribution < 1.29 is 5.11 Å². The van der Waals surface area contributed by atoms with Crippen molar-refractivity contribution in [1.29, 1.82) is 5.41 Å². The molecule has 0 saturated heterocycles. The van der Waals surface area contributed by atoms with E-state index in [0.717, 1.165) is 21.4 Å². The number of benzene rings is 1. The van der Waals surface area contributed by atoms with Gasteiger partial charge in [-0.05, 0) is 24.6 Å². The fraction of sp³-hybridized carbons (Fsp3) is 0.364. The molecule has 1 aromatic rings. The van der Waals surface area contributed by atoms with Crippen molar-refractivity contribution in [1.82, 2.24) is 0 Å². The highest BCUT2D eigenvalue weighted by Crippen LogP contribution is 2.30. The number of aliphatic hydroxyl groups is 1. The standard InChI is InChI=1S/C11H15BrN2OS/c1-7(4-5-15)16-10-6-8(12)2-3-9(10)11(13)14/h2-3,6-7,15H,4-5H2,1H3,(H3,13,14). The zero-order valence-corrected chi connectivity index (χ0v) is 11.4. The minimum Gasteiger partial charge on any atom is -0.396 e. The van der Waals surface area contributed by atoms with Gasteiger partial charge in [0.25, 0.3) is 0 Å². The summed E-state index contributed by atoms with van der Waals surface area (Å²) in [5.41, 5.74) is 6.27. The Morgan fingerprint density at radius 1 is 1.62 bits per heavy atom. The molecule has 1 rings (SSSR count). The lowest BCUT2D eigenvalue weighted by molar-refractivity contribution is 0.289. The topological polar surface area (TPSA) is 70.1 Å². The van der Waals surface area contributed by atoms with E-state index in [1.54, 1.807) is 11.8 Å². The van der Waals surface area contributed by atoms with Crippen LogP contribution in [0.3, 0.4) is 0 Å². The maximum absolute atomic E-state index is 8.86. The van der Waals surface area contributed by atoms with Gasteiger partial charge in [-0.1, -0.05) is 22.9 Å². The van der Waals surface area contributed by atoms with E-state index in [2.05, 4.69) is 15.9 Å². The second-order valence-electron chi connectivity index (χ2n) is 3.49. The summed E-state index contributed by atoms with van der Waals surface area (Å²) in [6.45, 7) is 2.23. The molecule has 0 heterocycles. The summed E-state index contributed by atoms with van der Waals surface area (Å²) < 4.78 is 0.969. The van der Waals surface area contributed by atoms with Crippen molar-refractivity contribution in [2.24, 2.45) is 5.73 Å². The molecule has 0 radical (unpaired) electrons. The molecule has 1 aromatic carbocycles. The molecule has 5 heteroatoms. The zero-order valence-electron chi connectivity index (χ0n) is 9.03. The van der Waals surface area contributed by atoms with Gasteiger partial charge in [0.2, 0.25) is 0 Å². The molecule has 0 fully saturated rings. The monoisotopic (exact) mass is 302 g/mol. The second kappa shape index (κ2) is 6.27. The number of rotatable bonds is 5. The Morgan fingerprint density at radius 2 is 2.31 bits per heavy atom. The van der Waals surface area contributed by atoms with Crippen LogP contribution in [0.4, 0.5) is 0 Å². The number of aliphatic hydroxyl groups excluding tert-OH is 1. The Balaban J connectivity index is 2.92. The third kappa shape index (κ3) is 3.81. The van der Waals surface area contributed by atoms with Gasteiger partial charge in [-0.25, -0.2) is 0 Å². The third-order valence-corrected chi connectivity index (χ3v) is 3.82. The summed E-state index contributed by atoms with van der Waals surface area (Å²) >= 11 is 5.03. The van der Waals surface area contributed by atoms with Crippen LogP contribution in [0.15, 0.2) is 27.6 Å². The normalized spacial score (nSPS) is 12.4. The van der Waals surface area contributed by atoms with Crippen LogP contribution < -0.4 is 5.73 Å². The van der Waals surface area contributed by atoms with Crippen LogP contribution in [0, 0.1) is 5.41 Å². The first-order valence-electron chi connectivity index (χ1n) is 4.96. The van der Waals surface area contributed by atoms with E-state index in [1.807, 2.05) is 25.1 Å². The van der Waals surface area contributed by atoms with E-state index < -0.39 is 0 Å². The van der Waals surface area contributed by atoms with Crippen molar-refractivity contribution in [3.05, 3.63) is 28.2 Å². The molecule has 0 aromatic heterocycles. The largest absolute Gasteiger partial charge is 0.396 e. The lowest BCUT2D eigenvalue weighted by Gasteiger charge is -2.13. The fourth-order valence-electron chi connectivity index (χ4n) is 1.27. The molecule has 4 N–H and O–H groups in total. The Kier molecular flexibility index (Phi) is 5.31. The number of halogens is 1. The van der Waals surface area contributed by atoms with Crippen LogP contribution in [-0.2, 0) is 0 Å². The molecule has 88 valence electrons. The Hall–Kier alpha value is -0.520. The van der Waals surface area contributed by atoms with Crippen molar-refractivity contribution in [2.45, 2.75) is 23.5 Å². The van der Waals surface area contributed by atoms with E-state index in [4.69, 9.17) is 16.2 Å². The smallest absolute Gasteiger partial charge is 0.123 e. The second-order valence-corrected chi connectivity index (χ2v) is 5.89. The number of hydrogen-bond acceptors (Lipinski definition) is 3. The zero-order chi connectivity index (χ0) is 12.1. The molecule has 0 aliphatic heterocycles. The minimum absolute atomic E-state index is 0.0752. The van der Waals surface area contributed by atoms with Gasteiger partial charge >= 0.3 is 0 Å². The van der Waals surface area contributed by atoms with E-state index >= 15 is 0 Å². The highest BCUT2D eigenvalue weighted by molar-refractivity contribution is 9.10. The fourth-order valence-corrected chi connectivity index (χ4v) is 2.94. The van der Waals surface area contributed by atoms with E-state index in [-0.39, 0.29) is 12.4 Å². The quantitative estimate of drug-likeness (QED) is 0.445. The highest BCUT2D eigenvalue weighted by atomic mass is 79.9. The van der Waals surface area contributed by atoms with Crippen molar-refractivity contribution in [3.63, 3.8) is 0 Å². The van der Waals surface area contributed by atoms with Crippen LogP contribution in [0.25, 0.3) is 0 Å². The summed E-state index contributed by atoms with van der Waals surface area (Å²) in [5.74, 6) is 0.0752. The summed E-state index contributed by atoms with van der Waals surface area (Å²) in [7, 11) is 0. The van der Waals surface area contributed by atoms with Crippen LogP contribution in [0.5, 0.6) is 0 Å². The van der Waals surface area contributed by atoms with E-state index in [1.165, 1.54) is 0 Å². The van der Waals surface area contributed by atoms with Gasteiger partial charge in [0.05, 0.1) is 0 Å². The van der Waals surface area contributed by atoms with Gasteiger partial charge in [0.1, 0.15) is 5.84 Å². The van der Waals surface area contributed by atoms with Crippen LogP contribution in [0.2, 0.25) is 0 Å². The Labute approximate surface area is 108 Å². The van der Waals surface area contributed by atoms with E-state index in [0.29, 0.717) is 5.25 Å². The van der Waals surface area contributed by atoms with Gasteiger partial charge < -0.3 is 10.8 Å². The number of nitrogen functional groups attached to an aromatic ring is 1. The molecule has 3 nitrogen and oxygen atoms in total.